The Morgan fingerprint density at radius 3 is 2.26 bits per heavy atom. The number of anilines is 1. The lowest BCUT2D eigenvalue weighted by Crippen LogP contribution is -1.97. The Morgan fingerprint density at radius 1 is 1.09 bits per heavy atom. The molecule has 0 amide bonds. The van der Waals surface area contributed by atoms with Crippen LogP contribution >= 0.6 is 0 Å². The molecule has 0 aromatic heterocycles. The van der Waals surface area contributed by atoms with Crippen LogP contribution in [0.1, 0.15) is 36.5 Å². The van der Waals surface area contributed by atoms with Crippen LogP contribution < -0.4 is 14.8 Å². The van der Waals surface area contributed by atoms with E-state index in [1.165, 1.54) is 0 Å². The van der Waals surface area contributed by atoms with Gasteiger partial charge in [0.1, 0.15) is 17.2 Å². The van der Waals surface area contributed by atoms with Crippen molar-refractivity contribution in [2.75, 3.05) is 12.4 Å². The van der Waals surface area contributed by atoms with Crippen molar-refractivity contribution in [2.24, 2.45) is 0 Å². The van der Waals surface area contributed by atoms with Crippen molar-refractivity contribution in [3.63, 3.8) is 0 Å². The Bertz CT molecular complexity index is 723. The molecule has 2 aromatic rings. The summed E-state index contributed by atoms with van der Waals surface area (Å²) in [5, 5.41) is 11.4. The van der Waals surface area contributed by atoms with E-state index in [1.807, 2.05) is 50.4 Å². The quantitative estimate of drug-likeness (QED) is 0.615. The Labute approximate surface area is 137 Å². The van der Waals surface area contributed by atoms with Crippen LogP contribution in [0.25, 0.3) is 0 Å². The number of benzene rings is 2. The first-order chi connectivity index (χ1) is 11.0. The third-order valence-corrected chi connectivity index (χ3v) is 3.70. The summed E-state index contributed by atoms with van der Waals surface area (Å²) < 4.78 is 11.5. The summed E-state index contributed by atoms with van der Waals surface area (Å²) in [6.45, 7) is 8.19. The summed E-state index contributed by atoms with van der Waals surface area (Å²) in [5.41, 5.74) is 3.84. The van der Waals surface area contributed by atoms with Gasteiger partial charge in [-0.15, -0.1) is 0 Å². The molecule has 0 bridgehead atoms. The highest BCUT2D eigenvalue weighted by molar-refractivity contribution is 5.57. The molecule has 120 valence electrons. The number of nitrogens with zero attached hydrogens (tertiary/aromatic N) is 1. The van der Waals surface area contributed by atoms with Gasteiger partial charge in [0.25, 0.3) is 0 Å². The van der Waals surface area contributed by atoms with Gasteiger partial charge in [0, 0.05) is 11.3 Å². The highest BCUT2D eigenvalue weighted by Crippen LogP contribution is 2.35. The fourth-order valence-electron chi connectivity index (χ4n) is 2.59. The normalized spacial score (nSPS) is 10.3. The van der Waals surface area contributed by atoms with Crippen molar-refractivity contribution < 1.29 is 9.47 Å². The first kappa shape index (κ1) is 16.7. The van der Waals surface area contributed by atoms with Crippen LogP contribution in [0.2, 0.25) is 0 Å². The van der Waals surface area contributed by atoms with Crippen LogP contribution in [0, 0.1) is 25.3 Å². The second-order valence-electron chi connectivity index (χ2n) is 5.84. The summed E-state index contributed by atoms with van der Waals surface area (Å²) in [5.74, 6) is 2.81. The van der Waals surface area contributed by atoms with Gasteiger partial charge in [-0.05, 0) is 61.2 Å². The van der Waals surface area contributed by atoms with E-state index in [2.05, 4.69) is 19.2 Å². The second kappa shape index (κ2) is 7.06. The molecule has 0 heterocycles. The minimum Gasteiger partial charge on any atom is -0.496 e. The number of hydrogen-bond acceptors (Lipinski definition) is 4. The van der Waals surface area contributed by atoms with Gasteiger partial charge in [-0.25, -0.2) is 0 Å². The lowest BCUT2D eigenvalue weighted by Gasteiger charge is -2.16. The van der Waals surface area contributed by atoms with Gasteiger partial charge in [0.2, 0.25) is 0 Å². The smallest absolute Gasteiger partial charge is 0.181 e. The summed E-state index contributed by atoms with van der Waals surface area (Å²) in [4.78, 5) is 0. The highest BCUT2D eigenvalue weighted by atomic mass is 16.5. The Hall–Kier alpha value is -2.67. The van der Waals surface area contributed by atoms with Gasteiger partial charge >= 0.3 is 0 Å². The first-order valence-corrected chi connectivity index (χ1v) is 7.58. The minimum absolute atomic E-state index is 0.345. The maximum Gasteiger partial charge on any atom is 0.181 e. The number of nitrogens with one attached hydrogen (secondary N) is 1. The number of ether oxygens (including phenoxy) is 2. The predicted octanol–water partition coefficient (Wildman–Crippen LogP) is 5.12. The van der Waals surface area contributed by atoms with Crippen molar-refractivity contribution in [1.82, 2.24) is 0 Å². The zero-order valence-electron chi connectivity index (χ0n) is 14.2. The van der Waals surface area contributed by atoms with Crippen molar-refractivity contribution in [2.45, 2.75) is 33.6 Å². The van der Waals surface area contributed by atoms with Crippen LogP contribution in [0.15, 0.2) is 30.3 Å². The molecule has 0 aliphatic heterocycles. The number of aryl methyl sites for hydroxylation is 2. The monoisotopic (exact) mass is 310 g/mol. The Morgan fingerprint density at radius 2 is 1.74 bits per heavy atom. The molecule has 2 aromatic carbocycles. The van der Waals surface area contributed by atoms with Crippen LogP contribution in [-0.4, -0.2) is 7.11 Å². The molecule has 0 radical (unpaired) electrons. The van der Waals surface area contributed by atoms with Crippen molar-refractivity contribution in [1.29, 1.82) is 5.26 Å². The van der Waals surface area contributed by atoms with E-state index < -0.39 is 0 Å². The minimum atomic E-state index is 0.345. The van der Waals surface area contributed by atoms with E-state index in [0.717, 1.165) is 39.6 Å². The molecule has 0 aliphatic carbocycles. The van der Waals surface area contributed by atoms with Crippen LogP contribution in [0.5, 0.6) is 17.2 Å². The summed E-state index contributed by atoms with van der Waals surface area (Å²) in [7, 11) is 1.68. The molecular formula is C19H22N2O2. The van der Waals surface area contributed by atoms with Gasteiger partial charge < -0.3 is 9.47 Å². The molecule has 4 heteroatoms. The van der Waals surface area contributed by atoms with Gasteiger partial charge in [-0.1, -0.05) is 13.8 Å². The molecule has 0 atom stereocenters. The van der Waals surface area contributed by atoms with E-state index in [-0.39, 0.29) is 0 Å². The Kier molecular flexibility index (Phi) is 5.13. The molecule has 0 saturated carbocycles. The van der Waals surface area contributed by atoms with Gasteiger partial charge in [0.05, 0.1) is 7.11 Å². The fourth-order valence-corrected chi connectivity index (χ4v) is 2.59. The number of rotatable bonds is 5. The standard InChI is InChI=1S/C19H22N2O2/c1-12(2)17-10-16(6-7-18(17)22-5)23-19-13(3)8-15(21-11-20)9-14(19)4/h6-10,12,21H,1-5H3. The third kappa shape index (κ3) is 3.75. The average molecular weight is 310 g/mol. The highest BCUT2D eigenvalue weighted by Gasteiger charge is 2.12. The van der Waals surface area contributed by atoms with Crippen LogP contribution in [-0.2, 0) is 0 Å². The molecule has 2 rings (SSSR count). The fraction of sp³-hybridized carbons (Fsp3) is 0.316. The summed E-state index contributed by atoms with van der Waals surface area (Å²) >= 11 is 0. The van der Waals surface area contributed by atoms with Crippen LogP contribution in [0.3, 0.4) is 0 Å². The summed E-state index contributed by atoms with van der Waals surface area (Å²) in [6, 6.07) is 9.66. The topological polar surface area (TPSA) is 54.3 Å². The van der Waals surface area contributed by atoms with Gasteiger partial charge in [0.15, 0.2) is 6.19 Å². The molecule has 23 heavy (non-hydrogen) atoms. The van der Waals surface area contributed by atoms with Crippen molar-refractivity contribution >= 4 is 5.69 Å². The SMILES string of the molecule is COc1ccc(Oc2c(C)cc(NC#N)cc2C)cc1C(C)C. The number of methoxy groups -OCH3 is 1. The molecule has 0 saturated heterocycles. The van der Waals surface area contributed by atoms with Crippen LogP contribution in [0.4, 0.5) is 5.69 Å². The van der Waals surface area contributed by atoms with Crippen molar-refractivity contribution in [3.05, 3.63) is 47.0 Å². The first-order valence-electron chi connectivity index (χ1n) is 7.58. The number of hydrogen-bond donors (Lipinski definition) is 1. The van der Waals surface area contributed by atoms with E-state index >= 15 is 0 Å². The molecule has 1 N–H and O–H groups in total. The van der Waals surface area contributed by atoms with Gasteiger partial charge in [-0.2, -0.15) is 5.26 Å². The lowest BCUT2D eigenvalue weighted by atomic mass is 10.0. The van der Waals surface area contributed by atoms with E-state index in [0.29, 0.717) is 5.92 Å². The average Bonchev–Trinajstić information content (AvgIpc) is 2.51. The maximum absolute atomic E-state index is 8.73. The zero-order chi connectivity index (χ0) is 17.0. The van der Waals surface area contributed by atoms with Gasteiger partial charge in [-0.3, -0.25) is 5.32 Å². The molecule has 0 fully saturated rings. The number of nitriles is 1. The maximum atomic E-state index is 8.73. The van der Waals surface area contributed by atoms with E-state index in [1.54, 1.807) is 7.11 Å². The lowest BCUT2D eigenvalue weighted by molar-refractivity contribution is 0.405. The molecular weight excluding hydrogens is 288 g/mol. The van der Waals surface area contributed by atoms with E-state index in [4.69, 9.17) is 14.7 Å². The molecule has 0 unspecified atom stereocenters. The van der Waals surface area contributed by atoms with E-state index in [9.17, 15) is 0 Å². The van der Waals surface area contributed by atoms with Crippen molar-refractivity contribution in [3.8, 4) is 23.4 Å². The predicted molar refractivity (Wildman–Crippen MR) is 92.3 cm³/mol. The third-order valence-electron chi connectivity index (χ3n) is 3.70. The zero-order valence-corrected chi connectivity index (χ0v) is 14.2. The molecule has 4 nitrogen and oxygen atoms in total. The largest absolute Gasteiger partial charge is 0.496 e. The summed E-state index contributed by atoms with van der Waals surface area (Å²) in [6.07, 6.45) is 1.94. The second-order valence-corrected chi connectivity index (χ2v) is 5.84. The molecule has 0 aliphatic rings. The molecule has 0 spiro atoms. The Balaban J connectivity index is 2.36.